The van der Waals surface area contributed by atoms with Crippen LogP contribution >= 0.6 is 11.8 Å². The number of sulfonamides is 1. The quantitative estimate of drug-likeness (QED) is 0.528. The van der Waals surface area contributed by atoms with Crippen molar-refractivity contribution in [2.75, 3.05) is 29.4 Å². The van der Waals surface area contributed by atoms with Crippen LogP contribution in [0.2, 0.25) is 0 Å². The SMILES string of the molecule is C=CCSCCNC(=O)c1ccc(N(C)S(=O)(=O)c2ccccc2)cc1. The van der Waals surface area contributed by atoms with E-state index in [4.69, 9.17) is 0 Å². The summed E-state index contributed by atoms with van der Waals surface area (Å²) in [6.45, 7) is 4.22. The maximum atomic E-state index is 12.6. The Morgan fingerprint density at radius 2 is 1.81 bits per heavy atom. The summed E-state index contributed by atoms with van der Waals surface area (Å²) in [6.07, 6.45) is 1.82. The topological polar surface area (TPSA) is 66.5 Å². The molecule has 0 heterocycles. The number of amides is 1. The molecule has 7 heteroatoms. The maximum Gasteiger partial charge on any atom is 0.264 e. The van der Waals surface area contributed by atoms with E-state index in [-0.39, 0.29) is 10.8 Å². The van der Waals surface area contributed by atoms with Gasteiger partial charge in [-0.25, -0.2) is 8.42 Å². The molecule has 1 amide bonds. The lowest BCUT2D eigenvalue weighted by atomic mass is 10.2. The van der Waals surface area contributed by atoms with Gasteiger partial charge in [-0.3, -0.25) is 9.10 Å². The van der Waals surface area contributed by atoms with E-state index in [0.717, 1.165) is 11.5 Å². The predicted octanol–water partition coefficient (Wildman–Crippen LogP) is 3.16. The van der Waals surface area contributed by atoms with Gasteiger partial charge in [-0.1, -0.05) is 24.3 Å². The van der Waals surface area contributed by atoms with E-state index in [1.54, 1.807) is 66.4 Å². The van der Waals surface area contributed by atoms with Crippen LogP contribution in [0.4, 0.5) is 5.69 Å². The summed E-state index contributed by atoms with van der Waals surface area (Å²) < 4.78 is 26.4. The highest BCUT2D eigenvalue weighted by Crippen LogP contribution is 2.22. The van der Waals surface area contributed by atoms with Gasteiger partial charge in [0.15, 0.2) is 0 Å². The zero-order valence-electron chi connectivity index (χ0n) is 14.6. The van der Waals surface area contributed by atoms with Crippen LogP contribution in [0.1, 0.15) is 10.4 Å². The van der Waals surface area contributed by atoms with Gasteiger partial charge in [0.05, 0.1) is 10.6 Å². The molecular weight excluding hydrogens is 368 g/mol. The molecule has 26 heavy (non-hydrogen) atoms. The Kier molecular flexibility index (Phi) is 7.29. The van der Waals surface area contributed by atoms with Crippen molar-refractivity contribution < 1.29 is 13.2 Å². The Labute approximate surface area is 159 Å². The van der Waals surface area contributed by atoms with Crippen molar-refractivity contribution in [3.8, 4) is 0 Å². The van der Waals surface area contributed by atoms with Gasteiger partial charge in [0, 0.05) is 30.7 Å². The van der Waals surface area contributed by atoms with Gasteiger partial charge in [0.1, 0.15) is 0 Å². The van der Waals surface area contributed by atoms with E-state index in [9.17, 15) is 13.2 Å². The van der Waals surface area contributed by atoms with Crippen LogP contribution in [0.5, 0.6) is 0 Å². The highest BCUT2D eigenvalue weighted by atomic mass is 32.2. The van der Waals surface area contributed by atoms with Crippen molar-refractivity contribution >= 4 is 33.4 Å². The molecule has 138 valence electrons. The van der Waals surface area contributed by atoms with Gasteiger partial charge in [0.2, 0.25) is 0 Å². The van der Waals surface area contributed by atoms with Crippen molar-refractivity contribution in [3.05, 3.63) is 72.8 Å². The van der Waals surface area contributed by atoms with Crippen molar-refractivity contribution in [1.82, 2.24) is 5.32 Å². The number of thioether (sulfide) groups is 1. The van der Waals surface area contributed by atoms with Crippen LogP contribution in [0.25, 0.3) is 0 Å². The second kappa shape index (κ2) is 9.45. The third-order valence-corrected chi connectivity index (χ3v) is 6.43. The molecular formula is C19H22N2O3S2. The summed E-state index contributed by atoms with van der Waals surface area (Å²) >= 11 is 1.69. The molecule has 5 nitrogen and oxygen atoms in total. The first kappa shape index (κ1) is 20.1. The van der Waals surface area contributed by atoms with Gasteiger partial charge < -0.3 is 5.32 Å². The Hall–Kier alpha value is -2.25. The highest BCUT2D eigenvalue weighted by molar-refractivity contribution is 7.99. The van der Waals surface area contributed by atoms with Gasteiger partial charge >= 0.3 is 0 Å². The molecule has 0 fully saturated rings. The molecule has 0 atom stereocenters. The molecule has 2 aromatic carbocycles. The Morgan fingerprint density at radius 3 is 2.42 bits per heavy atom. The number of carbonyl (C=O) groups excluding carboxylic acids is 1. The first-order chi connectivity index (χ1) is 12.5. The molecule has 0 saturated heterocycles. The lowest BCUT2D eigenvalue weighted by molar-refractivity contribution is 0.0956. The molecule has 2 aromatic rings. The molecule has 0 aliphatic heterocycles. The number of rotatable bonds is 9. The minimum atomic E-state index is -3.63. The molecule has 0 unspecified atom stereocenters. The summed E-state index contributed by atoms with van der Waals surface area (Å²) in [4.78, 5) is 12.3. The van der Waals surface area contributed by atoms with E-state index >= 15 is 0 Å². The fourth-order valence-electron chi connectivity index (χ4n) is 2.22. The van der Waals surface area contributed by atoms with E-state index in [0.29, 0.717) is 17.8 Å². The maximum absolute atomic E-state index is 12.6. The van der Waals surface area contributed by atoms with Crippen LogP contribution in [-0.2, 0) is 10.0 Å². The average Bonchev–Trinajstić information content (AvgIpc) is 2.68. The summed E-state index contributed by atoms with van der Waals surface area (Å²) in [5, 5.41) is 2.84. The van der Waals surface area contributed by atoms with E-state index < -0.39 is 10.0 Å². The minimum absolute atomic E-state index is 0.177. The number of hydrogen-bond acceptors (Lipinski definition) is 4. The number of benzene rings is 2. The zero-order valence-corrected chi connectivity index (χ0v) is 16.2. The van der Waals surface area contributed by atoms with Crippen LogP contribution in [-0.4, -0.2) is 39.4 Å². The molecule has 0 spiro atoms. The Morgan fingerprint density at radius 1 is 1.15 bits per heavy atom. The van der Waals surface area contributed by atoms with Gasteiger partial charge in [-0.2, -0.15) is 11.8 Å². The van der Waals surface area contributed by atoms with Crippen molar-refractivity contribution in [2.45, 2.75) is 4.90 Å². The fraction of sp³-hybridized carbons (Fsp3) is 0.211. The predicted molar refractivity (Wildman–Crippen MR) is 108 cm³/mol. The number of anilines is 1. The van der Waals surface area contributed by atoms with Crippen molar-refractivity contribution in [2.24, 2.45) is 0 Å². The van der Waals surface area contributed by atoms with Gasteiger partial charge in [-0.15, -0.1) is 6.58 Å². The van der Waals surface area contributed by atoms with Crippen LogP contribution in [0, 0.1) is 0 Å². The van der Waals surface area contributed by atoms with E-state index in [2.05, 4.69) is 11.9 Å². The second-order valence-corrected chi connectivity index (χ2v) is 8.57. The zero-order chi connectivity index (χ0) is 19.0. The monoisotopic (exact) mass is 390 g/mol. The fourth-order valence-corrected chi connectivity index (χ4v) is 4.01. The second-order valence-electron chi connectivity index (χ2n) is 5.45. The first-order valence-electron chi connectivity index (χ1n) is 8.07. The Balaban J connectivity index is 2.02. The minimum Gasteiger partial charge on any atom is -0.351 e. The smallest absolute Gasteiger partial charge is 0.264 e. The van der Waals surface area contributed by atoms with E-state index in [1.807, 2.05) is 6.08 Å². The van der Waals surface area contributed by atoms with Crippen molar-refractivity contribution in [1.29, 1.82) is 0 Å². The largest absolute Gasteiger partial charge is 0.351 e. The molecule has 0 bridgehead atoms. The number of hydrogen-bond donors (Lipinski definition) is 1. The lowest BCUT2D eigenvalue weighted by Crippen LogP contribution is -2.27. The molecule has 0 radical (unpaired) electrons. The third kappa shape index (κ3) is 5.12. The molecule has 0 aliphatic carbocycles. The van der Waals surface area contributed by atoms with E-state index in [1.165, 1.54) is 11.4 Å². The summed E-state index contributed by atoms with van der Waals surface area (Å²) in [5.41, 5.74) is 0.986. The number of carbonyl (C=O) groups is 1. The first-order valence-corrected chi connectivity index (χ1v) is 10.7. The van der Waals surface area contributed by atoms with Crippen LogP contribution in [0.3, 0.4) is 0 Å². The van der Waals surface area contributed by atoms with Gasteiger partial charge in [-0.05, 0) is 36.4 Å². The standard InChI is InChI=1S/C19H22N2O3S2/c1-3-14-25-15-13-20-19(22)16-9-11-17(12-10-16)21(2)26(23,24)18-7-5-4-6-8-18/h3-12H,1,13-15H2,2H3,(H,20,22). The summed E-state index contributed by atoms with van der Waals surface area (Å²) in [5.74, 6) is 1.49. The average molecular weight is 391 g/mol. The normalized spacial score (nSPS) is 11.0. The van der Waals surface area contributed by atoms with Crippen LogP contribution in [0.15, 0.2) is 72.1 Å². The number of nitrogens with zero attached hydrogens (tertiary/aromatic N) is 1. The highest BCUT2D eigenvalue weighted by Gasteiger charge is 2.21. The molecule has 0 saturated carbocycles. The van der Waals surface area contributed by atoms with Crippen molar-refractivity contribution in [3.63, 3.8) is 0 Å². The van der Waals surface area contributed by atoms with Crippen LogP contribution < -0.4 is 9.62 Å². The Bertz CT molecular complexity index is 835. The van der Waals surface area contributed by atoms with Gasteiger partial charge in [0.25, 0.3) is 15.9 Å². The molecule has 0 aliphatic rings. The molecule has 2 rings (SSSR count). The molecule has 1 N–H and O–H groups in total. The summed E-state index contributed by atoms with van der Waals surface area (Å²) in [6, 6.07) is 14.7. The number of nitrogens with one attached hydrogen (secondary N) is 1. The summed E-state index contributed by atoms with van der Waals surface area (Å²) in [7, 11) is -2.13. The third-order valence-electron chi connectivity index (χ3n) is 3.66. The molecule has 0 aromatic heterocycles. The lowest BCUT2D eigenvalue weighted by Gasteiger charge is -2.19.